The molecule has 2 saturated heterocycles. The van der Waals surface area contributed by atoms with Crippen molar-refractivity contribution in [1.29, 1.82) is 0 Å². The minimum atomic E-state index is -2.93. The second-order valence-electron chi connectivity index (χ2n) is 17.8. The number of imidazole rings is 1. The molecule has 66 heavy (non-hydrogen) atoms. The summed E-state index contributed by atoms with van der Waals surface area (Å²) >= 11 is 0. The third kappa shape index (κ3) is 10.3. The van der Waals surface area contributed by atoms with Gasteiger partial charge in [0.15, 0.2) is 11.4 Å². The third-order valence-corrected chi connectivity index (χ3v) is 12.8. The molecular formula is C48H54F2N10O6. The first-order valence-corrected chi connectivity index (χ1v) is 22.7. The number of nitrogens with one attached hydrogen (secondary N) is 2. The maximum absolute atomic E-state index is 14.2. The minimum Gasteiger partial charge on any atom is -0.444 e. The molecule has 0 bridgehead atoms. The van der Waals surface area contributed by atoms with Crippen LogP contribution in [0.3, 0.4) is 0 Å². The number of morpholine rings is 1. The predicted molar refractivity (Wildman–Crippen MR) is 241 cm³/mol. The highest BCUT2D eigenvalue weighted by atomic mass is 19.3. The van der Waals surface area contributed by atoms with E-state index >= 15 is 0 Å². The number of amides is 3. The largest absolute Gasteiger partial charge is 0.444 e. The molecule has 346 valence electrons. The predicted octanol–water partition coefficient (Wildman–Crippen LogP) is 6.24. The van der Waals surface area contributed by atoms with Gasteiger partial charge >= 0.3 is 5.69 Å². The third-order valence-electron chi connectivity index (χ3n) is 12.8. The fourth-order valence-electron chi connectivity index (χ4n) is 8.95. The lowest BCUT2D eigenvalue weighted by atomic mass is 10.0. The molecule has 1 saturated carbocycles. The number of carbonyl (C=O) groups excluding carboxylic acids is 3. The lowest BCUT2D eigenvalue weighted by Crippen LogP contribution is -2.44. The summed E-state index contributed by atoms with van der Waals surface area (Å²) in [6, 6.07) is 16.4. The fraction of sp³-hybridized carbons (Fsp3) is 0.438. The average Bonchev–Trinajstić information content (AvgIpc) is 3.73. The van der Waals surface area contributed by atoms with Gasteiger partial charge in [0, 0.05) is 57.1 Å². The Balaban J connectivity index is 0.735. The van der Waals surface area contributed by atoms with Crippen LogP contribution in [0.15, 0.2) is 82.5 Å². The first kappa shape index (κ1) is 44.8. The monoisotopic (exact) mass is 904 g/mol. The van der Waals surface area contributed by atoms with Crippen molar-refractivity contribution >= 4 is 34.4 Å². The van der Waals surface area contributed by atoms with Gasteiger partial charge < -0.3 is 19.4 Å². The quantitative estimate of drug-likeness (QED) is 0.0935. The number of pyridine rings is 1. The van der Waals surface area contributed by atoms with E-state index in [0.29, 0.717) is 36.3 Å². The highest BCUT2D eigenvalue weighted by Gasteiger charge is 2.31. The summed E-state index contributed by atoms with van der Waals surface area (Å²) in [5, 5.41) is 9.02. The Bertz CT molecular complexity index is 2780. The van der Waals surface area contributed by atoms with E-state index in [2.05, 4.69) is 42.5 Å². The highest BCUT2D eigenvalue weighted by Crippen LogP contribution is 2.34. The number of hydrogen-bond acceptors (Lipinski definition) is 11. The molecule has 1 aliphatic carbocycles. The zero-order valence-electron chi connectivity index (χ0n) is 37.1. The fourth-order valence-corrected chi connectivity index (χ4v) is 8.95. The number of rotatable bonds is 18. The van der Waals surface area contributed by atoms with E-state index in [9.17, 15) is 28.0 Å². The first-order chi connectivity index (χ1) is 31.9. The molecule has 6 aromatic rings. The number of oxazole rings is 1. The Morgan fingerprint density at radius 2 is 1.82 bits per heavy atom. The van der Waals surface area contributed by atoms with Gasteiger partial charge in [-0.25, -0.2) is 23.2 Å². The molecule has 2 N–H and O–H groups in total. The van der Waals surface area contributed by atoms with Gasteiger partial charge in [0.1, 0.15) is 12.3 Å². The zero-order chi connectivity index (χ0) is 45.9. The molecule has 3 amide bonds. The number of nitrogens with zero attached hydrogens (tertiary/aromatic N) is 8. The van der Waals surface area contributed by atoms with Gasteiger partial charge in [0.05, 0.1) is 41.3 Å². The molecule has 1 unspecified atom stereocenters. The molecule has 2 atom stereocenters. The van der Waals surface area contributed by atoms with Gasteiger partial charge in [-0.1, -0.05) is 31.0 Å². The van der Waals surface area contributed by atoms with Crippen molar-refractivity contribution < 1.29 is 32.3 Å². The van der Waals surface area contributed by atoms with Crippen LogP contribution in [0.2, 0.25) is 0 Å². The van der Waals surface area contributed by atoms with E-state index in [4.69, 9.17) is 9.15 Å². The maximum atomic E-state index is 14.2. The molecule has 16 nitrogen and oxygen atoms in total. The molecular weight excluding hydrogens is 851 g/mol. The van der Waals surface area contributed by atoms with E-state index in [0.717, 1.165) is 86.5 Å². The summed E-state index contributed by atoms with van der Waals surface area (Å²) in [6.45, 7) is 4.76. The number of halogens is 2. The molecule has 3 fully saturated rings. The van der Waals surface area contributed by atoms with Gasteiger partial charge in [0.25, 0.3) is 12.3 Å². The number of carbonyl (C=O) groups is 3. The summed E-state index contributed by atoms with van der Waals surface area (Å²) in [5.74, 6) is -0.430. The summed E-state index contributed by atoms with van der Waals surface area (Å²) < 4.78 is 44.5. The summed E-state index contributed by atoms with van der Waals surface area (Å²) in [6.07, 6.45) is 9.05. The molecule has 2 aliphatic heterocycles. The van der Waals surface area contributed by atoms with E-state index in [1.165, 1.54) is 34.6 Å². The van der Waals surface area contributed by atoms with Crippen LogP contribution in [0.25, 0.3) is 28.2 Å². The molecule has 6 heterocycles. The smallest absolute Gasteiger partial charge is 0.329 e. The summed E-state index contributed by atoms with van der Waals surface area (Å²) in [7, 11) is 3.77. The molecule has 2 aromatic carbocycles. The Morgan fingerprint density at radius 3 is 2.61 bits per heavy atom. The van der Waals surface area contributed by atoms with E-state index < -0.39 is 30.0 Å². The molecule has 9 rings (SSSR count). The van der Waals surface area contributed by atoms with Crippen molar-refractivity contribution in [3.63, 3.8) is 0 Å². The lowest BCUT2D eigenvalue weighted by molar-refractivity contribution is -0.135. The molecule has 3 aliphatic rings. The van der Waals surface area contributed by atoms with Crippen molar-refractivity contribution in [3.8, 4) is 17.1 Å². The van der Waals surface area contributed by atoms with Gasteiger partial charge in [-0.2, -0.15) is 5.10 Å². The Kier molecular flexibility index (Phi) is 13.3. The van der Waals surface area contributed by atoms with Crippen molar-refractivity contribution in [2.45, 2.75) is 82.9 Å². The zero-order valence-corrected chi connectivity index (χ0v) is 37.1. The minimum absolute atomic E-state index is 0.0453. The number of hydrogen-bond donors (Lipinski definition) is 2. The standard InChI is InChI=1S/C48H54F2N10O6/c1-56(21-18-36-27-58(22-23-65-36)20-3-4-31-10-14-39-41(24-31)57(2)48(64)60(39)40-15-16-42(61)54-46(40)63)26-32-8-12-35(13-9-32)59-28-37(43(55-59)44(49)50)52-45(62)38-29-66-47(53-38)33-17-19-51-34(25-33)11-7-30-5-6-30/h8-10,12-14,17,19,24-25,28-30,36,40,44H,3-7,11,15-16,18,20-23,26-27H2,1-2H3,(H,52,62)(H,54,61,63)/t36-,40?/m1/s1. The Labute approximate surface area is 379 Å². The first-order valence-electron chi connectivity index (χ1n) is 22.7. The Morgan fingerprint density at radius 1 is 1.00 bits per heavy atom. The summed E-state index contributed by atoms with van der Waals surface area (Å²) in [4.78, 5) is 64.0. The maximum Gasteiger partial charge on any atom is 0.329 e. The van der Waals surface area contributed by atoms with Crippen LogP contribution < -0.4 is 16.3 Å². The highest BCUT2D eigenvalue weighted by molar-refractivity contribution is 6.03. The van der Waals surface area contributed by atoms with Crippen LogP contribution in [0.4, 0.5) is 14.5 Å². The number of benzene rings is 2. The van der Waals surface area contributed by atoms with Crippen molar-refractivity contribution in [3.05, 3.63) is 112 Å². The van der Waals surface area contributed by atoms with Crippen LogP contribution >= 0.6 is 0 Å². The number of imide groups is 1. The van der Waals surface area contributed by atoms with E-state index in [1.54, 1.807) is 23.9 Å². The van der Waals surface area contributed by atoms with Crippen LogP contribution in [0.5, 0.6) is 0 Å². The van der Waals surface area contributed by atoms with Gasteiger partial charge in [-0.15, -0.1) is 0 Å². The van der Waals surface area contributed by atoms with Gasteiger partial charge in [-0.05, 0) is 106 Å². The second kappa shape index (κ2) is 19.6. The number of aryl methyl sites for hydroxylation is 3. The number of alkyl halides is 2. The van der Waals surface area contributed by atoms with Crippen molar-refractivity contribution in [2.24, 2.45) is 13.0 Å². The van der Waals surface area contributed by atoms with Gasteiger partial charge in [0.2, 0.25) is 17.7 Å². The summed E-state index contributed by atoms with van der Waals surface area (Å²) in [5.41, 5.74) is 4.78. The van der Waals surface area contributed by atoms with E-state index in [-0.39, 0.29) is 41.4 Å². The normalized spacial score (nSPS) is 18.2. The molecule has 0 spiro atoms. The Hall–Kier alpha value is -6.37. The van der Waals surface area contributed by atoms with Crippen LogP contribution in [-0.2, 0) is 40.8 Å². The number of aromatic nitrogens is 6. The second-order valence-corrected chi connectivity index (χ2v) is 17.8. The molecule has 0 radical (unpaired) electrons. The number of fused-ring (bicyclic) bond motifs is 1. The van der Waals surface area contributed by atoms with Crippen LogP contribution in [0, 0.1) is 5.92 Å². The van der Waals surface area contributed by atoms with Crippen molar-refractivity contribution in [2.75, 3.05) is 45.2 Å². The number of ether oxygens (including phenoxy) is 1. The van der Waals surface area contributed by atoms with Crippen LogP contribution in [0.1, 0.15) is 90.4 Å². The average molecular weight is 905 g/mol. The number of anilines is 1. The van der Waals surface area contributed by atoms with E-state index in [1.807, 2.05) is 48.5 Å². The van der Waals surface area contributed by atoms with Gasteiger partial charge in [-0.3, -0.25) is 38.7 Å². The molecule has 4 aromatic heterocycles. The number of piperidine rings is 1. The topological polar surface area (TPSA) is 175 Å². The SMILES string of the molecule is CN(CC[C@@H]1CN(CCCc2ccc3c(c2)n(C)c(=O)n3C2CCC(=O)NC2=O)CCO1)Cc1ccc(-n2cc(NC(=O)c3coc(-c4ccnc(CCC5CC5)c4)n3)c(C(F)F)n2)cc1. The lowest BCUT2D eigenvalue weighted by Gasteiger charge is -2.33. The van der Waals surface area contributed by atoms with Crippen molar-refractivity contribution in [1.82, 2.24) is 44.0 Å². The van der Waals surface area contributed by atoms with Crippen LogP contribution in [-0.4, -0.2) is 102 Å². The molecule has 18 heteroatoms.